The number of fused-ring (bicyclic) bond motifs is 1. The number of carbonyl (C=O) groups is 1. The van der Waals surface area contributed by atoms with Crippen LogP contribution in [0.4, 0.5) is 0 Å². The fraction of sp³-hybridized carbons (Fsp3) is 0.125. The lowest BCUT2D eigenvalue weighted by atomic mass is 10.0. The summed E-state index contributed by atoms with van der Waals surface area (Å²) in [6.07, 6.45) is 2.62. The number of carbonyl (C=O) groups excluding carboxylic acids is 1. The number of nitrogens with zero attached hydrogens (tertiary/aromatic N) is 2. The number of ether oxygens (including phenoxy) is 1. The predicted octanol–water partition coefficient (Wildman–Crippen LogP) is 3.06. The average molecular weight is 266 g/mol. The molecule has 1 heterocycles. The third-order valence-electron chi connectivity index (χ3n) is 3.40. The van der Waals surface area contributed by atoms with Gasteiger partial charge in [0.1, 0.15) is 12.0 Å². The van der Waals surface area contributed by atoms with Crippen molar-refractivity contribution in [2.24, 2.45) is 7.05 Å². The molecule has 1 aromatic heterocycles. The Labute approximate surface area is 116 Å². The van der Waals surface area contributed by atoms with Gasteiger partial charge in [0.25, 0.3) is 0 Å². The van der Waals surface area contributed by atoms with Gasteiger partial charge in [0.05, 0.1) is 24.5 Å². The predicted molar refractivity (Wildman–Crippen MR) is 78.1 cm³/mol. The largest absolute Gasteiger partial charge is 0.496 e. The van der Waals surface area contributed by atoms with E-state index in [1.165, 1.54) is 0 Å². The Morgan fingerprint density at radius 1 is 1.20 bits per heavy atom. The van der Waals surface area contributed by atoms with Crippen molar-refractivity contribution in [2.75, 3.05) is 7.11 Å². The van der Waals surface area contributed by atoms with Gasteiger partial charge in [-0.3, -0.25) is 4.79 Å². The topological polar surface area (TPSA) is 44.1 Å². The average Bonchev–Trinajstić information content (AvgIpc) is 2.87. The molecule has 0 aliphatic heterocycles. The third-order valence-corrected chi connectivity index (χ3v) is 3.40. The van der Waals surface area contributed by atoms with Gasteiger partial charge in [0.15, 0.2) is 0 Å². The van der Waals surface area contributed by atoms with Crippen LogP contribution < -0.4 is 4.74 Å². The lowest BCUT2D eigenvalue weighted by Gasteiger charge is -2.09. The van der Waals surface area contributed by atoms with E-state index in [1.807, 2.05) is 35.9 Å². The molecule has 100 valence electrons. The minimum atomic E-state index is 0.659. The van der Waals surface area contributed by atoms with Gasteiger partial charge < -0.3 is 9.30 Å². The van der Waals surface area contributed by atoms with E-state index >= 15 is 0 Å². The monoisotopic (exact) mass is 266 g/mol. The van der Waals surface area contributed by atoms with Crippen molar-refractivity contribution < 1.29 is 9.53 Å². The summed E-state index contributed by atoms with van der Waals surface area (Å²) < 4.78 is 7.43. The Morgan fingerprint density at radius 2 is 1.95 bits per heavy atom. The molecule has 4 heteroatoms. The SMILES string of the molecule is COc1cc2c(cc1-c1ccc(C=O)cc1)ncn2C. The molecule has 0 aliphatic carbocycles. The van der Waals surface area contributed by atoms with Crippen LogP contribution in [0.5, 0.6) is 5.75 Å². The first kappa shape index (κ1) is 12.4. The highest BCUT2D eigenvalue weighted by Gasteiger charge is 2.10. The summed E-state index contributed by atoms with van der Waals surface area (Å²) >= 11 is 0. The second-order valence-corrected chi connectivity index (χ2v) is 4.64. The second-order valence-electron chi connectivity index (χ2n) is 4.64. The van der Waals surface area contributed by atoms with Crippen LogP contribution >= 0.6 is 0 Å². The number of imidazole rings is 1. The van der Waals surface area contributed by atoms with Gasteiger partial charge in [-0.1, -0.05) is 24.3 Å². The van der Waals surface area contributed by atoms with Crippen molar-refractivity contribution in [1.82, 2.24) is 9.55 Å². The number of aldehydes is 1. The van der Waals surface area contributed by atoms with E-state index < -0.39 is 0 Å². The maximum atomic E-state index is 10.7. The van der Waals surface area contributed by atoms with Crippen LogP contribution in [0.3, 0.4) is 0 Å². The molecule has 3 aromatic rings. The summed E-state index contributed by atoms with van der Waals surface area (Å²) in [6.45, 7) is 0. The van der Waals surface area contributed by atoms with Gasteiger partial charge in [0.2, 0.25) is 0 Å². The minimum absolute atomic E-state index is 0.659. The Balaban J connectivity index is 2.19. The van der Waals surface area contributed by atoms with Crippen molar-refractivity contribution in [1.29, 1.82) is 0 Å². The molecule has 0 bridgehead atoms. The molecule has 0 saturated carbocycles. The van der Waals surface area contributed by atoms with Gasteiger partial charge in [-0.05, 0) is 11.6 Å². The molecule has 4 nitrogen and oxygen atoms in total. The Morgan fingerprint density at radius 3 is 2.60 bits per heavy atom. The van der Waals surface area contributed by atoms with E-state index in [-0.39, 0.29) is 0 Å². The second kappa shape index (κ2) is 4.81. The molecular weight excluding hydrogens is 252 g/mol. The molecule has 0 atom stereocenters. The number of aryl methyl sites for hydroxylation is 1. The van der Waals surface area contributed by atoms with Gasteiger partial charge in [-0.2, -0.15) is 0 Å². The molecule has 0 radical (unpaired) electrons. The van der Waals surface area contributed by atoms with Gasteiger partial charge in [-0.15, -0.1) is 0 Å². The molecule has 0 fully saturated rings. The van der Waals surface area contributed by atoms with Crippen molar-refractivity contribution in [3.8, 4) is 16.9 Å². The highest BCUT2D eigenvalue weighted by Crippen LogP contribution is 2.33. The lowest BCUT2D eigenvalue weighted by molar-refractivity contribution is 0.112. The van der Waals surface area contributed by atoms with Gasteiger partial charge in [-0.25, -0.2) is 4.98 Å². The first-order valence-electron chi connectivity index (χ1n) is 6.27. The van der Waals surface area contributed by atoms with Crippen LogP contribution in [-0.4, -0.2) is 22.9 Å². The quantitative estimate of drug-likeness (QED) is 0.684. The van der Waals surface area contributed by atoms with E-state index in [1.54, 1.807) is 25.6 Å². The van der Waals surface area contributed by atoms with Crippen molar-refractivity contribution in [2.45, 2.75) is 0 Å². The molecule has 20 heavy (non-hydrogen) atoms. The van der Waals surface area contributed by atoms with Gasteiger partial charge >= 0.3 is 0 Å². The standard InChI is InChI=1S/C16H14N2O2/c1-18-10-17-14-7-13(16(20-2)8-15(14)18)12-5-3-11(9-19)4-6-12/h3-10H,1-2H3. The number of hydrogen-bond donors (Lipinski definition) is 0. The van der Waals surface area contributed by atoms with E-state index in [0.29, 0.717) is 5.56 Å². The molecule has 0 amide bonds. The van der Waals surface area contributed by atoms with Gasteiger partial charge in [0, 0.05) is 24.2 Å². The van der Waals surface area contributed by atoms with Crippen LogP contribution in [0, 0.1) is 0 Å². The highest BCUT2D eigenvalue weighted by molar-refractivity contribution is 5.87. The fourth-order valence-corrected chi connectivity index (χ4v) is 2.29. The summed E-state index contributed by atoms with van der Waals surface area (Å²) in [4.78, 5) is 15.1. The Kier molecular flexibility index (Phi) is 2.99. The zero-order valence-electron chi connectivity index (χ0n) is 11.3. The van der Waals surface area contributed by atoms with Crippen LogP contribution in [0.1, 0.15) is 10.4 Å². The Bertz CT molecular complexity index is 773. The minimum Gasteiger partial charge on any atom is -0.496 e. The molecule has 0 spiro atoms. The molecule has 3 rings (SSSR count). The molecule has 2 aromatic carbocycles. The summed E-state index contributed by atoms with van der Waals surface area (Å²) in [7, 11) is 3.61. The normalized spacial score (nSPS) is 10.7. The molecule has 0 unspecified atom stereocenters. The number of aromatic nitrogens is 2. The number of benzene rings is 2. The smallest absolute Gasteiger partial charge is 0.150 e. The van der Waals surface area contributed by atoms with E-state index in [9.17, 15) is 4.79 Å². The zero-order valence-corrected chi connectivity index (χ0v) is 11.3. The summed E-state index contributed by atoms with van der Waals surface area (Å²) in [5, 5.41) is 0. The summed E-state index contributed by atoms with van der Waals surface area (Å²) in [5.41, 5.74) is 4.57. The van der Waals surface area contributed by atoms with E-state index in [4.69, 9.17) is 4.74 Å². The summed E-state index contributed by atoms with van der Waals surface area (Å²) in [6, 6.07) is 11.4. The fourth-order valence-electron chi connectivity index (χ4n) is 2.29. The van der Waals surface area contributed by atoms with Crippen LogP contribution in [-0.2, 0) is 7.05 Å². The molecule has 0 saturated heterocycles. The molecule has 0 aliphatic rings. The zero-order chi connectivity index (χ0) is 14.1. The van der Waals surface area contributed by atoms with E-state index in [2.05, 4.69) is 4.98 Å². The van der Waals surface area contributed by atoms with Crippen LogP contribution in [0.25, 0.3) is 22.2 Å². The third kappa shape index (κ3) is 1.95. The Hall–Kier alpha value is -2.62. The highest BCUT2D eigenvalue weighted by atomic mass is 16.5. The van der Waals surface area contributed by atoms with Crippen molar-refractivity contribution >= 4 is 17.3 Å². The van der Waals surface area contributed by atoms with Crippen LogP contribution in [0.2, 0.25) is 0 Å². The molecule has 0 N–H and O–H groups in total. The van der Waals surface area contributed by atoms with E-state index in [0.717, 1.165) is 34.2 Å². The van der Waals surface area contributed by atoms with Crippen molar-refractivity contribution in [3.63, 3.8) is 0 Å². The maximum absolute atomic E-state index is 10.7. The van der Waals surface area contributed by atoms with Crippen LogP contribution in [0.15, 0.2) is 42.7 Å². The lowest BCUT2D eigenvalue weighted by Crippen LogP contribution is -1.91. The molecular formula is C16H14N2O2. The number of hydrogen-bond acceptors (Lipinski definition) is 3. The maximum Gasteiger partial charge on any atom is 0.150 e. The van der Waals surface area contributed by atoms with Crippen molar-refractivity contribution in [3.05, 3.63) is 48.3 Å². The first-order chi connectivity index (χ1) is 9.72. The first-order valence-corrected chi connectivity index (χ1v) is 6.27. The number of methoxy groups -OCH3 is 1. The number of rotatable bonds is 3. The summed E-state index contributed by atoms with van der Waals surface area (Å²) in [5.74, 6) is 0.792.